The van der Waals surface area contributed by atoms with Crippen LogP contribution >= 0.6 is 0 Å². The molecular weight excluding hydrogens is 426 g/mol. The molecule has 0 unspecified atom stereocenters. The second-order valence-corrected chi connectivity index (χ2v) is 7.48. The van der Waals surface area contributed by atoms with Crippen LogP contribution in [0.15, 0.2) is 66.7 Å². The van der Waals surface area contributed by atoms with E-state index in [1.807, 2.05) is 18.2 Å². The number of carboxylic acid groups (broad SMARTS) is 1. The number of hydrogen-bond acceptors (Lipinski definition) is 6. The number of amides is 1. The molecular formula is C25H23NO7. The standard InChI is InChI=1S/C25H23NO7/c27-20-12-11-19(17-6-4-5-7-18(17)20)21(8-2-1-3-9-24(28)29)33-25(30)26-16-10-13-22-23(14-16)32-15-31-22/h3-7,9-14,21,27H,1-2,8,15H2,(H,26,30)(H,28,29)/b9-3+/t21-/m0/s1. The summed E-state index contributed by atoms with van der Waals surface area (Å²) in [7, 11) is 0. The number of benzene rings is 3. The summed E-state index contributed by atoms with van der Waals surface area (Å²) in [5, 5.41) is 23.1. The Labute approximate surface area is 190 Å². The Bertz CT molecular complexity index is 1200. The molecule has 33 heavy (non-hydrogen) atoms. The number of phenolic OH excluding ortho intramolecular Hbond substituents is 1. The largest absolute Gasteiger partial charge is 0.507 e. The second-order valence-electron chi connectivity index (χ2n) is 7.48. The number of nitrogens with one attached hydrogen (secondary N) is 1. The van der Waals surface area contributed by atoms with Gasteiger partial charge in [-0.25, -0.2) is 9.59 Å². The van der Waals surface area contributed by atoms with E-state index < -0.39 is 18.2 Å². The van der Waals surface area contributed by atoms with E-state index in [9.17, 15) is 14.7 Å². The summed E-state index contributed by atoms with van der Waals surface area (Å²) in [4.78, 5) is 23.4. The molecule has 0 spiro atoms. The van der Waals surface area contributed by atoms with Crippen LogP contribution < -0.4 is 14.8 Å². The van der Waals surface area contributed by atoms with E-state index in [2.05, 4.69) is 5.32 Å². The normalized spacial score (nSPS) is 13.2. The fourth-order valence-corrected chi connectivity index (χ4v) is 3.72. The summed E-state index contributed by atoms with van der Waals surface area (Å²) in [6, 6.07) is 15.7. The number of phenols is 1. The molecule has 8 heteroatoms. The summed E-state index contributed by atoms with van der Waals surface area (Å²) < 4.78 is 16.4. The van der Waals surface area contributed by atoms with Crippen molar-refractivity contribution in [3.63, 3.8) is 0 Å². The molecule has 1 aliphatic rings. The summed E-state index contributed by atoms with van der Waals surface area (Å²) in [5.41, 5.74) is 1.26. The van der Waals surface area contributed by atoms with Crippen LogP contribution in [0.2, 0.25) is 0 Å². The van der Waals surface area contributed by atoms with E-state index >= 15 is 0 Å². The number of aromatic hydroxyl groups is 1. The van der Waals surface area contributed by atoms with Gasteiger partial charge in [0, 0.05) is 28.8 Å². The zero-order valence-corrected chi connectivity index (χ0v) is 17.7. The Morgan fingerprint density at radius 3 is 2.67 bits per heavy atom. The van der Waals surface area contributed by atoms with Gasteiger partial charge in [-0.2, -0.15) is 0 Å². The molecule has 170 valence electrons. The maximum Gasteiger partial charge on any atom is 0.412 e. The van der Waals surface area contributed by atoms with Gasteiger partial charge in [0.15, 0.2) is 11.5 Å². The van der Waals surface area contributed by atoms with Crippen LogP contribution in [-0.2, 0) is 9.53 Å². The van der Waals surface area contributed by atoms with Gasteiger partial charge in [-0.1, -0.05) is 36.4 Å². The molecule has 0 aromatic heterocycles. The number of hydrogen-bond donors (Lipinski definition) is 3. The minimum Gasteiger partial charge on any atom is -0.507 e. The molecule has 3 N–H and O–H groups in total. The first-order valence-electron chi connectivity index (χ1n) is 10.5. The number of unbranched alkanes of at least 4 members (excludes halogenated alkanes) is 1. The third-order valence-electron chi connectivity index (χ3n) is 5.25. The summed E-state index contributed by atoms with van der Waals surface area (Å²) in [5.74, 6) is 0.286. The van der Waals surface area contributed by atoms with E-state index in [-0.39, 0.29) is 12.5 Å². The molecule has 1 heterocycles. The highest BCUT2D eigenvalue weighted by molar-refractivity contribution is 5.91. The highest BCUT2D eigenvalue weighted by Crippen LogP contribution is 2.36. The first kappa shape index (κ1) is 22.0. The van der Waals surface area contributed by atoms with Crippen molar-refractivity contribution >= 4 is 28.5 Å². The Morgan fingerprint density at radius 1 is 1.06 bits per heavy atom. The van der Waals surface area contributed by atoms with Crippen molar-refractivity contribution < 1.29 is 34.0 Å². The van der Waals surface area contributed by atoms with Crippen LogP contribution in [0.5, 0.6) is 17.2 Å². The lowest BCUT2D eigenvalue weighted by molar-refractivity contribution is -0.131. The Hall–Kier alpha value is -4.20. The molecule has 0 bridgehead atoms. The molecule has 4 rings (SSSR count). The molecule has 8 nitrogen and oxygen atoms in total. The van der Waals surface area contributed by atoms with Gasteiger partial charge < -0.3 is 24.4 Å². The van der Waals surface area contributed by atoms with E-state index in [0.29, 0.717) is 41.8 Å². The number of carboxylic acids is 1. The van der Waals surface area contributed by atoms with Gasteiger partial charge in [-0.05, 0) is 42.8 Å². The maximum atomic E-state index is 12.7. The van der Waals surface area contributed by atoms with Gasteiger partial charge in [0.25, 0.3) is 0 Å². The minimum atomic E-state index is -1.00. The molecule has 1 atom stereocenters. The maximum absolute atomic E-state index is 12.7. The number of aliphatic carboxylic acids is 1. The topological polar surface area (TPSA) is 114 Å². The van der Waals surface area contributed by atoms with Crippen LogP contribution in [0.25, 0.3) is 10.8 Å². The van der Waals surface area contributed by atoms with Crippen molar-refractivity contribution in [1.29, 1.82) is 0 Å². The average molecular weight is 449 g/mol. The molecule has 1 amide bonds. The third kappa shape index (κ3) is 5.35. The van der Waals surface area contributed by atoms with Crippen molar-refractivity contribution in [3.05, 3.63) is 72.3 Å². The SMILES string of the molecule is O=C(O)/C=C/CCC[C@H](OC(=O)Nc1ccc2c(c1)OCO2)c1ccc(O)c2ccccc12. The van der Waals surface area contributed by atoms with Crippen LogP contribution in [0.4, 0.5) is 10.5 Å². The van der Waals surface area contributed by atoms with Gasteiger partial charge in [-0.3, -0.25) is 5.32 Å². The lowest BCUT2D eigenvalue weighted by Crippen LogP contribution is -2.18. The van der Waals surface area contributed by atoms with Crippen molar-refractivity contribution in [1.82, 2.24) is 0 Å². The lowest BCUT2D eigenvalue weighted by atomic mass is 9.96. The highest BCUT2D eigenvalue weighted by Gasteiger charge is 2.21. The highest BCUT2D eigenvalue weighted by atomic mass is 16.7. The number of fused-ring (bicyclic) bond motifs is 2. The molecule has 0 aliphatic carbocycles. The average Bonchev–Trinajstić information content (AvgIpc) is 3.26. The fourth-order valence-electron chi connectivity index (χ4n) is 3.72. The van der Waals surface area contributed by atoms with Crippen LogP contribution in [0.1, 0.15) is 30.9 Å². The van der Waals surface area contributed by atoms with E-state index in [1.54, 1.807) is 42.5 Å². The van der Waals surface area contributed by atoms with Gasteiger partial charge in [0.1, 0.15) is 11.9 Å². The molecule has 0 saturated carbocycles. The smallest absolute Gasteiger partial charge is 0.412 e. The van der Waals surface area contributed by atoms with Crippen LogP contribution in [0.3, 0.4) is 0 Å². The zero-order valence-electron chi connectivity index (χ0n) is 17.7. The molecule has 3 aromatic rings. The molecule has 0 radical (unpaired) electrons. The number of rotatable bonds is 8. The van der Waals surface area contributed by atoms with Crippen molar-refractivity contribution in [2.75, 3.05) is 12.1 Å². The lowest BCUT2D eigenvalue weighted by Gasteiger charge is -2.21. The first-order valence-corrected chi connectivity index (χ1v) is 10.5. The first-order chi connectivity index (χ1) is 16.0. The molecule has 0 saturated heterocycles. The fraction of sp³-hybridized carbons (Fsp3) is 0.200. The predicted octanol–water partition coefficient (Wildman–Crippen LogP) is 5.38. The summed E-state index contributed by atoms with van der Waals surface area (Å²) in [6.45, 7) is 0.134. The van der Waals surface area contributed by atoms with E-state index in [0.717, 1.165) is 17.0 Å². The van der Waals surface area contributed by atoms with Crippen LogP contribution in [-0.4, -0.2) is 29.1 Å². The Kier molecular flexibility index (Phi) is 6.64. The minimum absolute atomic E-state index is 0.134. The van der Waals surface area contributed by atoms with Crippen molar-refractivity contribution in [2.24, 2.45) is 0 Å². The Balaban J connectivity index is 1.53. The number of anilines is 1. The number of carbonyl (C=O) groups is 2. The predicted molar refractivity (Wildman–Crippen MR) is 122 cm³/mol. The van der Waals surface area contributed by atoms with Crippen molar-refractivity contribution in [2.45, 2.75) is 25.4 Å². The van der Waals surface area contributed by atoms with Crippen molar-refractivity contribution in [3.8, 4) is 17.2 Å². The summed E-state index contributed by atoms with van der Waals surface area (Å²) in [6.07, 6.45) is 3.00. The number of carbonyl (C=O) groups excluding carboxylic acids is 1. The van der Waals surface area contributed by atoms with Gasteiger partial charge in [0.05, 0.1) is 0 Å². The van der Waals surface area contributed by atoms with E-state index in [4.69, 9.17) is 19.3 Å². The van der Waals surface area contributed by atoms with Gasteiger partial charge in [-0.15, -0.1) is 0 Å². The molecule has 3 aromatic carbocycles. The molecule has 1 aliphatic heterocycles. The van der Waals surface area contributed by atoms with Gasteiger partial charge >= 0.3 is 12.1 Å². The Morgan fingerprint density at radius 2 is 1.85 bits per heavy atom. The number of allylic oxidation sites excluding steroid dienone is 1. The van der Waals surface area contributed by atoms with Crippen LogP contribution in [0, 0.1) is 0 Å². The summed E-state index contributed by atoms with van der Waals surface area (Å²) >= 11 is 0. The second kappa shape index (κ2) is 9.95. The van der Waals surface area contributed by atoms with Gasteiger partial charge in [0.2, 0.25) is 6.79 Å². The third-order valence-corrected chi connectivity index (χ3v) is 5.25. The number of ether oxygens (including phenoxy) is 3. The van der Waals surface area contributed by atoms with E-state index in [1.165, 1.54) is 0 Å². The zero-order chi connectivity index (χ0) is 23.2. The monoisotopic (exact) mass is 449 g/mol. The quantitative estimate of drug-likeness (QED) is 0.313. The molecule has 0 fully saturated rings.